The monoisotopic (exact) mass is 285 g/mol. The number of nitrogens with one attached hydrogen (secondary N) is 1. The van der Waals surface area contributed by atoms with Gasteiger partial charge in [-0.05, 0) is 5.92 Å². The molecule has 0 amide bonds. The Bertz CT molecular complexity index is 570. The Morgan fingerprint density at radius 3 is 2.57 bits per heavy atom. The summed E-state index contributed by atoms with van der Waals surface area (Å²) in [5.41, 5.74) is 3.60. The van der Waals surface area contributed by atoms with Gasteiger partial charge in [0.1, 0.15) is 11.6 Å². The predicted molar refractivity (Wildman–Crippen MR) is 88.0 cm³/mol. The number of hydrogen-bond donors (Lipinski definition) is 2. The van der Waals surface area contributed by atoms with E-state index >= 15 is 0 Å². The van der Waals surface area contributed by atoms with Crippen molar-refractivity contribution < 1.29 is 0 Å². The van der Waals surface area contributed by atoms with Gasteiger partial charge in [0.05, 0.1) is 0 Å². The summed E-state index contributed by atoms with van der Waals surface area (Å²) in [4.78, 5) is 11.2. The fraction of sp³-hybridized carbons (Fsp3) is 0.375. The third-order valence-corrected chi connectivity index (χ3v) is 3.57. The van der Waals surface area contributed by atoms with Gasteiger partial charge in [0.2, 0.25) is 0 Å². The van der Waals surface area contributed by atoms with Crippen molar-refractivity contribution in [1.29, 1.82) is 0 Å². The molecule has 3 N–H and O–H groups in total. The number of aromatic nitrogens is 2. The van der Waals surface area contributed by atoms with E-state index in [0.29, 0.717) is 17.6 Å². The maximum absolute atomic E-state index is 5.53. The SMILES string of the molecule is CCC(C)CN(C)c1cc(NN)nc(-c2ccccc2)n1. The van der Waals surface area contributed by atoms with Gasteiger partial charge in [-0.25, -0.2) is 15.8 Å². The molecule has 1 atom stereocenters. The number of benzene rings is 1. The van der Waals surface area contributed by atoms with Gasteiger partial charge in [-0.15, -0.1) is 0 Å². The lowest BCUT2D eigenvalue weighted by Gasteiger charge is -2.22. The van der Waals surface area contributed by atoms with Gasteiger partial charge >= 0.3 is 0 Å². The number of hydrogen-bond acceptors (Lipinski definition) is 5. The van der Waals surface area contributed by atoms with Crippen molar-refractivity contribution in [2.75, 3.05) is 23.9 Å². The number of rotatable bonds is 6. The topological polar surface area (TPSA) is 67.1 Å². The van der Waals surface area contributed by atoms with Crippen LogP contribution in [0.2, 0.25) is 0 Å². The van der Waals surface area contributed by atoms with Gasteiger partial charge in [-0.3, -0.25) is 0 Å². The van der Waals surface area contributed by atoms with Crippen molar-refractivity contribution in [1.82, 2.24) is 9.97 Å². The Labute approximate surface area is 126 Å². The molecule has 1 aromatic heterocycles. The van der Waals surface area contributed by atoms with Crippen LogP contribution in [0.4, 0.5) is 11.6 Å². The van der Waals surface area contributed by atoms with E-state index < -0.39 is 0 Å². The Hall–Kier alpha value is -2.14. The zero-order chi connectivity index (χ0) is 15.2. The summed E-state index contributed by atoms with van der Waals surface area (Å²) in [5, 5.41) is 0. The molecule has 0 fully saturated rings. The fourth-order valence-electron chi connectivity index (χ4n) is 2.11. The second kappa shape index (κ2) is 7.04. The van der Waals surface area contributed by atoms with Crippen molar-refractivity contribution in [2.24, 2.45) is 11.8 Å². The molecule has 0 radical (unpaired) electrons. The summed E-state index contributed by atoms with van der Waals surface area (Å²) in [7, 11) is 2.05. The number of anilines is 2. The first-order chi connectivity index (χ1) is 10.1. The predicted octanol–water partition coefficient (Wildman–Crippen LogP) is 2.91. The lowest BCUT2D eigenvalue weighted by molar-refractivity contribution is 0.557. The number of nitrogens with two attached hydrogens (primary N) is 1. The Morgan fingerprint density at radius 2 is 1.95 bits per heavy atom. The molecule has 0 spiro atoms. The van der Waals surface area contributed by atoms with Crippen LogP contribution in [0.5, 0.6) is 0 Å². The fourth-order valence-corrected chi connectivity index (χ4v) is 2.11. The minimum absolute atomic E-state index is 0.611. The molecule has 5 heteroatoms. The smallest absolute Gasteiger partial charge is 0.163 e. The van der Waals surface area contributed by atoms with E-state index in [-0.39, 0.29) is 0 Å². The van der Waals surface area contributed by atoms with E-state index in [0.717, 1.165) is 24.3 Å². The quantitative estimate of drug-likeness (QED) is 0.631. The van der Waals surface area contributed by atoms with Crippen LogP contribution in [-0.2, 0) is 0 Å². The summed E-state index contributed by atoms with van der Waals surface area (Å²) < 4.78 is 0. The van der Waals surface area contributed by atoms with Crippen LogP contribution in [0.25, 0.3) is 11.4 Å². The van der Waals surface area contributed by atoms with Crippen molar-refractivity contribution in [3.8, 4) is 11.4 Å². The molecule has 5 nitrogen and oxygen atoms in total. The molecule has 0 saturated carbocycles. The Morgan fingerprint density at radius 1 is 1.24 bits per heavy atom. The highest BCUT2D eigenvalue weighted by Crippen LogP contribution is 2.22. The van der Waals surface area contributed by atoms with E-state index in [1.807, 2.05) is 43.4 Å². The average Bonchev–Trinajstić information content (AvgIpc) is 2.54. The first kappa shape index (κ1) is 15.3. The van der Waals surface area contributed by atoms with Crippen LogP contribution >= 0.6 is 0 Å². The molecule has 112 valence electrons. The first-order valence-electron chi connectivity index (χ1n) is 7.26. The van der Waals surface area contributed by atoms with Crippen LogP contribution in [0.1, 0.15) is 20.3 Å². The van der Waals surface area contributed by atoms with Crippen molar-refractivity contribution in [3.63, 3.8) is 0 Å². The standard InChI is InChI=1S/C16H23N5/c1-4-12(2)11-21(3)15-10-14(20-17)18-16(19-15)13-8-6-5-7-9-13/h5-10,12H,4,11,17H2,1-3H3,(H,18,19,20). The molecule has 0 aliphatic heterocycles. The van der Waals surface area contributed by atoms with E-state index in [2.05, 4.69) is 34.1 Å². The molecule has 1 aromatic carbocycles. The molecule has 2 rings (SSSR count). The molecule has 1 heterocycles. The van der Waals surface area contributed by atoms with Crippen LogP contribution in [0, 0.1) is 5.92 Å². The van der Waals surface area contributed by atoms with Crippen LogP contribution < -0.4 is 16.2 Å². The Kier molecular flexibility index (Phi) is 5.11. The van der Waals surface area contributed by atoms with E-state index in [1.165, 1.54) is 0 Å². The first-order valence-corrected chi connectivity index (χ1v) is 7.26. The van der Waals surface area contributed by atoms with E-state index in [1.54, 1.807) is 0 Å². The normalized spacial score (nSPS) is 12.0. The maximum atomic E-state index is 5.53. The molecular weight excluding hydrogens is 262 g/mol. The lowest BCUT2D eigenvalue weighted by atomic mass is 10.1. The van der Waals surface area contributed by atoms with Gasteiger partial charge in [0.15, 0.2) is 5.82 Å². The number of nitrogen functional groups attached to an aromatic ring is 1. The molecule has 0 aliphatic carbocycles. The summed E-state index contributed by atoms with van der Waals surface area (Å²) in [6.07, 6.45) is 1.14. The average molecular weight is 285 g/mol. The highest BCUT2D eigenvalue weighted by Gasteiger charge is 2.11. The van der Waals surface area contributed by atoms with Crippen molar-refractivity contribution in [2.45, 2.75) is 20.3 Å². The second-order valence-electron chi connectivity index (χ2n) is 5.34. The molecule has 1 unspecified atom stereocenters. The van der Waals surface area contributed by atoms with Crippen LogP contribution in [0.15, 0.2) is 36.4 Å². The van der Waals surface area contributed by atoms with Gasteiger partial charge < -0.3 is 10.3 Å². The van der Waals surface area contributed by atoms with Crippen LogP contribution in [-0.4, -0.2) is 23.6 Å². The van der Waals surface area contributed by atoms with Crippen LogP contribution in [0.3, 0.4) is 0 Å². The van der Waals surface area contributed by atoms with E-state index in [4.69, 9.17) is 5.84 Å². The summed E-state index contributed by atoms with van der Waals surface area (Å²) >= 11 is 0. The third kappa shape index (κ3) is 3.92. The summed E-state index contributed by atoms with van der Waals surface area (Å²) in [6.45, 7) is 5.38. The van der Waals surface area contributed by atoms with Gasteiger partial charge in [-0.1, -0.05) is 50.6 Å². The maximum Gasteiger partial charge on any atom is 0.163 e. The Balaban J connectivity index is 2.34. The third-order valence-electron chi connectivity index (χ3n) is 3.57. The minimum atomic E-state index is 0.611. The molecular formula is C16H23N5. The summed E-state index contributed by atoms with van der Waals surface area (Å²) in [6, 6.07) is 11.8. The minimum Gasteiger partial charge on any atom is -0.359 e. The van der Waals surface area contributed by atoms with Gasteiger partial charge in [0.25, 0.3) is 0 Å². The number of hydrazine groups is 1. The van der Waals surface area contributed by atoms with Gasteiger partial charge in [0, 0.05) is 25.2 Å². The van der Waals surface area contributed by atoms with E-state index in [9.17, 15) is 0 Å². The van der Waals surface area contributed by atoms with Gasteiger partial charge in [-0.2, -0.15) is 0 Å². The molecule has 21 heavy (non-hydrogen) atoms. The van der Waals surface area contributed by atoms with Crippen molar-refractivity contribution in [3.05, 3.63) is 36.4 Å². The second-order valence-corrected chi connectivity index (χ2v) is 5.34. The van der Waals surface area contributed by atoms with Crippen molar-refractivity contribution >= 4 is 11.6 Å². The molecule has 0 saturated heterocycles. The molecule has 0 aliphatic rings. The number of nitrogens with zero attached hydrogens (tertiary/aromatic N) is 3. The zero-order valence-corrected chi connectivity index (χ0v) is 12.9. The highest BCUT2D eigenvalue weighted by molar-refractivity contribution is 5.61. The molecule has 2 aromatic rings. The lowest BCUT2D eigenvalue weighted by Crippen LogP contribution is -2.25. The summed E-state index contributed by atoms with van der Waals surface area (Å²) in [5.74, 6) is 8.32. The largest absolute Gasteiger partial charge is 0.359 e. The zero-order valence-electron chi connectivity index (χ0n) is 12.9. The molecule has 0 bridgehead atoms. The highest BCUT2D eigenvalue weighted by atomic mass is 15.3.